The minimum Gasteiger partial charge on any atom is -0.389 e. The van der Waals surface area contributed by atoms with Gasteiger partial charge in [-0.1, -0.05) is 37.3 Å². The maximum atomic E-state index is 5.98. The predicted molar refractivity (Wildman–Crippen MR) is 69.8 cm³/mol. The van der Waals surface area contributed by atoms with Crippen molar-refractivity contribution in [2.75, 3.05) is 5.73 Å². The van der Waals surface area contributed by atoms with E-state index in [1.54, 1.807) is 11.3 Å². The summed E-state index contributed by atoms with van der Waals surface area (Å²) in [5.74, 6) is 0. The Hall–Kier alpha value is -1.35. The molecule has 0 fully saturated rings. The van der Waals surface area contributed by atoms with E-state index in [0.717, 1.165) is 35.0 Å². The summed E-state index contributed by atoms with van der Waals surface area (Å²) < 4.78 is 0. The van der Waals surface area contributed by atoms with Gasteiger partial charge in [-0.25, -0.2) is 4.98 Å². The van der Waals surface area contributed by atoms with E-state index >= 15 is 0 Å². The summed E-state index contributed by atoms with van der Waals surface area (Å²) in [6, 6.07) is 10.3. The van der Waals surface area contributed by atoms with Gasteiger partial charge in [0.25, 0.3) is 0 Å². The predicted octanol–water partition coefficient (Wildman–Crippen LogP) is 3.27. The fraction of sp³-hybridized carbons (Fsp3) is 0.308. The Morgan fingerprint density at radius 3 is 2.69 bits per heavy atom. The highest BCUT2D eigenvalue weighted by atomic mass is 32.1. The highest BCUT2D eigenvalue weighted by Crippen LogP contribution is 2.24. The van der Waals surface area contributed by atoms with Gasteiger partial charge in [0.1, 0.15) is 5.00 Å². The molecule has 0 aliphatic heterocycles. The van der Waals surface area contributed by atoms with Crippen LogP contribution < -0.4 is 5.73 Å². The molecule has 0 saturated heterocycles. The summed E-state index contributed by atoms with van der Waals surface area (Å²) >= 11 is 1.62. The largest absolute Gasteiger partial charge is 0.389 e. The lowest BCUT2D eigenvalue weighted by molar-refractivity contribution is 0.897. The summed E-state index contributed by atoms with van der Waals surface area (Å²) in [5.41, 5.74) is 8.27. The normalized spacial score (nSPS) is 10.6. The van der Waals surface area contributed by atoms with Gasteiger partial charge >= 0.3 is 0 Å². The summed E-state index contributed by atoms with van der Waals surface area (Å²) in [4.78, 5) is 4.59. The van der Waals surface area contributed by atoms with Gasteiger partial charge < -0.3 is 5.73 Å². The van der Waals surface area contributed by atoms with Crippen molar-refractivity contribution in [1.82, 2.24) is 4.98 Å². The van der Waals surface area contributed by atoms with Crippen LogP contribution in [0.1, 0.15) is 29.6 Å². The fourth-order valence-electron chi connectivity index (χ4n) is 1.65. The Balaban J connectivity index is 2.15. The zero-order valence-corrected chi connectivity index (χ0v) is 10.3. The third-order valence-corrected chi connectivity index (χ3v) is 3.44. The minimum absolute atomic E-state index is 0.840. The Morgan fingerprint density at radius 2 is 2.00 bits per heavy atom. The molecule has 1 aromatic heterocycles. The second kappa shape index (κ2) is 5.12. The number of aromatic nitrogens is 1. The lowest BCUT2D eigenvalue weighted by Gasteiger charge is -1.98. The first-order valence-corrected chi connectivity index (χ1v) is 6.39. The molecule has 0 saturated carbocycles. The molecule has 3 heteroatoms. The lowest BCUT2D eigenvalue weighted by Crippen LogP contribution is -1.93. The van der Waals surface area contributed by atoms with Gasteiger partial charge in [0.2, 0.25) is 0 Å². The number of anilines is 1. The van der Waals surface area contributed by atoms with Crippen LogP contribution in [0.25, 0.3) is 0 Å². The third-order valence-electron chi connectivity index (χ3n) is 2.45. The van der Waals surface area contributed by atoms with Crippen molar-refractivity contribution in [2.45, 2.75) is 26.2 Å². The van der Waals surface area contributed by atoms with Crippen LogP contribution >= 0.6 is 11.3 Å². The van der Waals surface area contributed by atoms with Crippen LogP contribution in [0.5, 0.6) is 0 Å². The van der Waals surface area contributed by atoms with Gasteiger partial charge in [0, 0.05) is 6.42 Å². The molecule has 0 aliphatic rings. The molecular formula is C13H16N2S. The number of nitrogens with two attached hydrogens (primary N) is 1. The highest BCUT2D eigenvalue weighted by molar-refractivity contribution is 7.15. The summed E-state index contributed by atoms with van der Waals surface area (Å²) in [7, 11) is 0. The van der Waals surface area contributed by atoms with Crippen LogP contribution in [0.3, 0.4) is 0 Å². The van der Waals surface area contributed by atoms with Crippen LogP contribution in [0.2, 0.25) is 0 Å². The van der Waals surface area contributed by atoms with Gasteiger partial charge in [-0.3, -0.25) is 0 Å². The van der Waals surface area contributed by atoms with E-state index in [1.165, 1.54) is 5.56 Å². The first kappa shape index (κ1) is 11.1. The average molecular weight is 232 g/mol. The van der Waals surface area contributed by atoms with E-state index in [0.29, 0.717) is 0 Å². The molecule has 1 heterocycles. The molecule has 0 aliphatic carbocycles. The standard InChI is InChI=1S/C13H16N2S/c1-2-6-12-15-11(13(14)16-12)9-10-7-4-3-5-8-10/h3-5,7-8H,2,6,9,14H2,1H3. The molecule has 2 aromatic rings. The minimum atomic E-state index is 0.840. The zero-order valence-electron chi connectivity index (χ0n) is 9.44. The van der Waals surface area contributed by atoms with E-state index in [1.807, 2.05) is 18.2 Å². The van der Waals surface area contributed by atoms with E-state index < -0.39 is 0 Å². The molecule has 0 bridgehead atoms. The molecule has 84 valence electrons. The van der Waals surface area contributed by atoms with Crippen LogP contribution in [-0.2, 0) is 12.8 Å². The molecule has 2 rings (SSSR count). The topological polar surface area (TPSA) is 38.9 Å². The smallest absolute Gasteiger partial charge is 0.110 e. The van der Waals surface area contributed by atoms with Crippen molar-refractivity contribution in [3.63, 3.8) is 0 Å². The van der Waals surface area contributed by atoms with Crippen LogP contribution in [-0.4, -0.2) is 4.98 Å². The number of hydrogen-bond donors (Lipinski definition) is 1. The molecule has 0 spiro atoms. The molecule has 2 nitrogen and oxygen atoms in total. The summed E-state index contributed by atoms with van der Waals surface area (Å²) in [5, 5.41) is 2.03. The van der Waals surface area contributed by atoms with Crippen molar-refractivity contribution in [1.29, 1.82) is 0 Å². The van der Waals surface area contributed by atoms with Crippen LogP contribution in [0.4, 0.5) is 5.00 Å². The van der Waals surface area contributed by atoms with Gasteiger partial charge in [0.15, 0.2) is 0 Å². The lowest BCUT2D eigenvalue weighted by atomic mass is 10.1. The van der Waals surface area contributed by atoms with E-state index in [4.69, 9.17) is 5.73 Å². The molecule has 16 heavy (non-hydrogen) atoms. The van der Waals surface area contributed by atoms with E-state index in [9.17, 15) is 0 Å². The molecule has 0 amide bonds. The van der Waals surface area contributed by atoms with Crippen molar-refractivity contribution in [3.05, 3.63) is 46.6 Å². The average Bonchev–Trinajstić information content (AvgIpc) is 2.61. The SMILES string of the molecule is CCCc1nc(Cc2ccccc2)c(N)s1. The number of aryl methyl sites for hydroxylation is 1. The first-order valence-electron chi connectivity index (χ1n) is 5.57. The second-order valence-electron chi connectivity index (χ2n) is 3.83. The van der Waals surface area contributed by atoms with E-state index in [-0.39, 0.29) is 0 Å². The molecule has 0 unspecified atom stereocenters. The van der Waals surface area contributed by atoms with Gasteiger partial charge in [-0.05, 0) is 18.4 Å². The Kier molecular flexibility index (Phi) is 3.57. The van der Waals surface area contributed by atoms with Crippen LogP contribution in [0.15, 0.2) is 30.3 Å². The maximum Gasteiger partial charge on any atom is 0.110 e. The Labute approximate surface area is 100 Å². The molecule has 0 radical (unpaired) electrons. The maximum absolute atomic E-state index is 5.98. The van der Waals surface area contributed by atoms with Crippen molar-refractivity contribution in [2.24, 2.45) is 0 Å². The van der Waals surface area contributed by atoms with Crippen molar-refractivity contribution in [3.8, 4) is 0 Å². The number of nitrogens with zero attached hydrogens (tertiary/aromatic N) is 1. The van der Waals surface area contributed by atoms with Crippen molar-refractivity contribution >= 4 is 16.3 Å². The number of benzene rings is 1. The van der Waals surface area contributed by atoms with Crippen LogP contribution in [0, 0.1) is 0 Å². The van der Waals surface area contributed by atoms with Crippen molar-refractivity contribution < 1.29 is 0 Å². The molecule has 0 atom stereocenters. The monoisotopic (exact) mass is 232 g/mol. The number of thiazole rings is 1. The quantitative estimate of drug-likeness (QED) is 0.878. The molecule has 1 aromatic carbocycles. The van der Waals surface area contributed by atoms with E-state index in [2.05, 4.69) is 24.0 Å². The number of rotatable bonds is 4. The van der Waals surface area contributed by atoms with Gasteiger partial charge in [0.05, 0.1) is 10.7 Å². The summed E-state index contributed by atoms with van der Waals surface area (Å²) in [6.45, 7) is 2.16. The fourth-order valence-corrected chi connectivity index (χ4v) is 2.60. The second-order valence-corrected chi connectivity index (χ2v) is 4.95. The number of nitrogen functional groups attached to an aromatic ring is 1. The van der Waals surface area contributed by atoms with Gasteiger partial charge in [-0.2, -0.15) is 0 Å². The Morgan fingerprint density at radius 1 is 1.25 bits per heavy atom. The Bertz CT molecular complexity index is 448. The first-order chi connectivity index (χ1) is 7.79. The highest BCUT2D eigenvalue weighted by Gasteiger charge is 2.08. The zero-order chi connectivity index (χ0) is 11.4. The number of hydrogen-bond acceptors (Lipinski definition) is 3. The molecule has 2 N–H and O–H groups in total. The van der Waals surface area contributed by atoms with Gasteiger partial charge in [-0.15, -0.1) is 11.3 Å². The third kappa shape index (κ3) is 2.61. The summed E-state index contributed by atoms with van der Waals surface area (Å²) in [6.07, 6.45) is 2.99. The molecular weight excluding hydrogens is 216 g/mol.